The third-order valence-corrected chi connectivity index (χ3v) is 8.35. The number of carbonyl (C=O) groups is 2. The maximum atomic E-state index is 14.0. The van der Waals surface area contributed by atoms with Crippen LogP contribution >= 0.6 is 11.6 Å². The van der Waals surface area contributed by atoms with E-state index in [1.165, 1.54) is 24.1 Å². The quantitative estimate of drug-likeness (QED) is 0.300. The van der Waals surface area contributed by atoms with Gasteiger partial charge in [-0.25, -0.2) is 8.42 Å². The second-order valence-corrected chi connectivity index (χ2v) is 12.0. The molecule has 0 fully saturated rings. The van der Waals surface area contributed by atoms with Crippen molar-refractivity contribution in [2.45, 2.75) is 44.7 Å². The van der Waals surface area contributed by atoms with Crippen molar-refractivity contribution in [1.82, 2.24) is 10.2 Å². The lowest BCUT2D eigenvalue weighted by atomic mass is 10.1. The predicted octanol–water partition coefficient (Wildman–Crippen LogP) is 5.12. The Morgan fingerprint density at radius 3 is 2.12 bits per heavy atom. The molecule has 8 nitrogen and oxygen atoms in total. The summed E-state index contributed by atoms with van der Waals surface area (Å²) in [6.45, 7) is 5.84. The number of ether oxygens (including phenoxy) is 1. The molecule has 214 valence electrons. The number of amides is 2. The molecule has 10 heteroatoms. The molecule has 3 aromatic carbocycles. The second-order valence-electron chi connectivity index (χ2n) is 9.73. The topological polar surface area (TPSA) is 96.0 Å². The molecule has 40 heavy (non-hydrogen) atoms. The number of methoxy groups -OCH3 is 1. The van der Waals surface area contributed by atoms with Crippen LogP contribution in [0.4, 0.5) is 5.69 Å². The Bertz CT molecular complexity index is 1360. The number of benzene rings is 3. The van der Waals surface area contributed by atoms with E-state index in [4.69, 9.17) is 16.3 Å². The van der Waals surface area contributed by atoms with E-state index in [-0.39, 0.29) is 23.3 Å². The maximum absolute atomic E-state index is 14.0. The summed E-state index contributed by atoms with van der Waals surface area (Å²) in [5.74, 6) is -0.0370. The molecule has 0 aromatic heterocycles. The maximum Gasteiger partial charge on any atom is 0.264 e. The zero-order chi connectivity index (χ0) is 29.3. The largest absolute Gasteiger partial charge is 0.497 e. The minimum atomic E-state index is -4.13. The number of carbonyl (C=O) groups excluding carboxylic acids is 2. The third-order valence-electron chi connectivity index (χ3n) is 6.31. The summed E-state index contributed by atoms with van der Waals surface area (Å²) in [7, 11) is -2.61. The number of nitrogens with one attached hydrogen (secondary N) is 1. The molecule has 1 atom stereocenters. The molecule has 0 bridgehead atoms. The Hall–Kier alpha value is -3.56. The number of halogens is 1. The van der Waals surface area contributed by atoms with Crippen LogP contribution in [-0.2, 0) is 26.2 Å². The fraction of sp³-hybridized carbons (Fsp3) is 0.333. The van der Waals surface area contributed by atoms with Crippen LogP contribution < -0.4 is 14.4 Å². The molecule has 0 radical (unpaired) electrons. The summed E-state index contributed by atoms with van der Waals surface area (Å²) < 4.78 is 33.9. The van der Waals surface area contributed by atoms with Gasteiger partial charge in [0.2, 0.25) is 11.8 Å². The summed E-state index contributed by atoms with van der Waals surface area (Å²) in [6, 6.07) is 20.5. The van der Waals surface area contributed by atoms with E-state index < -0.39 is 28.5 Å². The number of hydrogen-bond acceptors (Lipinski definition) is 5. The van der Waals surface area contributed by atoms with E-state index in [1.54, 1.807) is 66.7 Å². The third kappa shape index (κ3) is 7.99. The van der Waals surface area contributed by atoms with Crippen molar-refractivity contribution >= 4 is 39.1 Å². The summed E-state index contributed by atoms with van der Waals surface area (Å²) in [6.07, 6.45) is 0.344. The SMILES string of the molecule is CC[C@H](C(=O)NCC(C)C)N(Cc1ccc(Cl)cc1)C(=O)CN(c1ccc(OC)cc1)S(=O)(=O)c1ccccc1. The molecular formula is C30H36ClN3O5S. The van der Waals surface area contributed by atoms with E-state index in [0.717, 1.165) is 9.87 Å². The smallest absolute Gasteiger partial charge is 0.264 e. The summed E-state index contributed by atoms with van der Waals surface area (Å²) in [5, 5.41) is 3.46. The predicted molar refractivity (Wildman–Crippen MR) is 158 cm³/mol. The first-order valence-corrected chi connectivity index (χ1v) is 14.9. The lowest BCUT2D eigenvalue weighted by Crippen LogP contribution is -2.52. The first-order chi connectivity index (χ1) is 19.1. The van der Waals surface area contributed by atoms with Crippen molar-refractivity contribution in [1.29, 1.82) is 0 Å². The van der Waals surface area contributed by atoms with Gasteiger partial charge in [0.1, 0.15) is 18.3 Å². The molecule has 0 aliphatic heterocycles. The molecule has 2 amide bonds. The minimum Gasteiger partial charge on any atom is -0.497 e. The van der Waals surface area contributed by atoms with Crippen LogP contribution in [0.2, 0.25) is 5.02 Å². The van der Waals surface area contributed by atoms with Gasteiger partial charge in [-0.15, -0.1) is 0 Å². The van der Waals surface area contributed by atoms with Crippen LogP contribution in [0, 0.1) is 5.92 Å². The van der Waals surface area contributed by atoms with E-state index in [2.05, 4.69) is 5.32 Å². The van der Waals surface area contributed by atoms with Gasteiger partial charge < -0.3 is 15.0 Å². The molecule has 1 N–H and O–H groups in total. The summed E-state index contributed by atoms with van der Waals surface area (Å²) in [4.78, 5) is 28.8. The molecule has 0 aliphatic carbocycles. The molecule has 0 saturated heterocycles. The first-order valence-electron chi connectivity index (χ1n) is 13.1. The van der Waals surface area contributed by atoms with E-state index in [9.17, 15) is 18.0 Å². The lowest BCUT2D eigenvalue weighted by Gasteiger charge is -2.33. The van der Waals surface area contributed by atoms with Gasteiger partial charge in [-0.2, -0.15) is 0 Å². The van der Waals surface area contributed by atoms with Crippen molar-refractivity contribution in [3.63, 3.8) is 0 Å². The molecule has 0 heterocycles. The molecule has 3 rings (SSSR count). The highest BCUT2D eigenvalue weighted by Crippen LogP contribution is 2.27. The van der Waals surface area contributed by atoms with Gasteiger partial charge in [-0.3, -0.25) is 13.9 Å². The van der Waals surface area contributed by atoms with Gasteiger partial charge in [0.05, 0.1) is 17.7 Å². The fourth-order valence-corrected chi connectivity index (χ4v) is 5.69. The Morgan fingerprint density at radius 1 is 0.950 bits per heavy atom. The van der Waals surface area contributed by atoms with Crippen molar-refractivity contribution < 1.29 is 22.7 Å². The van der Waals surface area contributed by atoms with Gasteiger partial charge in [0, 0.05) is 18.1 Å². The number of nitrogens with zero attached hydrogens (tertiary/aromatic N) is 2. The number of hydrogen-bond donors (Lipinski definition) is 1. The van der Waals surface area contributed by atoms with Crippen LogP contribution in [-0.4, -0.2) is 51.4 Å². The van der Waals surface area contributed by atoms with Crippen LogP contribution in [0.15, 0.2) is 83.8 Å². The van der Waals surface area contributed by atoms with Crippen molar-refractivity contribution in [2.75, 3.05) is 24.5 Å². The molecule has 0 saturated carbocycles. The molecule has 0 aliphatic rings. The molecule has 0 unspecified atom stereocenters. The van der Waals surface area contributed by atoms with Gasteiger partial charge in [-0.05, 0) is 66.4 Å². The van der Waals surface area contributed by atoms with E-state index in [1.807, 2.05) is 20.8 Å². The van der Waals surface area contributed by atoms with Crippen LogP contribution in [0.1, 0.15) is 32.8 Å². The average Bonchev–Trinajstić information content (AvgIpc) is 2.96. The summed E-state index contributed by atoms with van der Waals surface area (Å²) in [5.41, 5.74) is 1.05. The fourth-order valence-electron chi connectivity index (χ4n) is 4.13. The standard InChI is InChI=1S/C30H36ClN3O5S/c1-5-28(30(36)32-19-22(2)3)33(20-23-11-13-24(31)14-12-23)29(35)21-34(25-15-17-26(39-4)18-16-25)40(37,38)27-9-7-6-8-10-27/h6-18,22,28H,5,19-21H2,1-4H3,(H,32,36)/t28-/m1/s1. The molecule has 3 aromatic rings. The van der Waals surface area contributed by atoms with Crippen molar-refractivity contribution in [3.8, 4) is 5.75 Å². The van der Waals surface area contributed by atoms with Crippen LogP contribution in [0.25, 0.3) is 0 Å². The Labute approximate surface area is 241 Å². The highest BCUT2D eigenvalue weighted by molar-refractivity contribution is 7.92. The molecule has 0 spiro atoms. The lowest BCUT2D eigenvalue weighted by molar-refractivity contribution is -0.140. The average molecular weight is 586 g/mol. The highest BCUT2D eigenvalue weighted by atomic mass is 35.5. The zero-order valence-electron chi connectivity index (χ0n) is 23.2. The van der Waals surface area contributed by atoms with Crippen LogP contribution in [0.5, 0.6) is 5.75 Å². The minimum absolute atomic E-state index is 0.0459. The Balaban J connectivity index is 2.03. The highest BCUT2D eigenvalue weighted by Gasteiger charge is 2.33. The first kappa shape index (κ1) is 31.0. The van der Waals surface area contributed by atoms with Gasteiger partial charge in [0.15, 0.2) is 0 Å². The Kier molecular flexibility index (Phi) is 11.0. The van der Waals surface area contributed by atoms with Crippen LogP contribution in [0.3, 0.4) is 0 Å². The van der Waals surface area contributed by atoms with Gasteiger partial charge in [-0.1, -0.05) is 62.7 Å². The summed E-state index contributed by atoms with van der Waals surface area (Å²) >= 11 is 6.06. The number of rotatable bonds is 13. The van der Waals surface area contributed by atoms with E-state index in [0.29, 0.717) is 29.4 Å². The van der Waals surface area contributed by atoms with Crippen molar-refractivity contribution in [3.05, 3.63) is 89.4 Å². The molecular weight excluding hydrogens is 550 g/mol. The number of anilines is 1. The van der Waals surface area contributed by atoms with Crippen molar-refractivity contribution in [2.24, 2.45) is 5.92 Å². The Morgan fingerprint density at radius 2 is 1.57 bits per heavy atom. The number of sulfonamides is 1. The normalized spacial score (nSPS) is 12.1. The monoisotopic (exact) mass is 585 g/mol. The van der Waals surface area contributed by atoms with E-state index >= 15 is 0 Å². The van der Waals surface area contributed by atoms with Gasteiger partial charge >= 0.3 is 0 Å². The van der Waals surface area contributed by atoms with Gasteiger partial charge in [0.25, 0.3) is 10.0 Å². The second kappa shape index (κ2) is 14.2. The zero-order valence-corrected chi connectivity index (χ0v) is 24.8.